The Labute approximate surface area is 101 Å². The molecular formula is C14H29NO. The monoisotopic (exact) mass is 227 g/mol. The van der Waals surface area contributed by atoms with Gasteiger partial charge in [-0.25, -0.2) is 5.48 Å². The molecule has 0 amide bonds. The van der Waals surface area contributed by atoms with E-state index in [2.05, 4.69) is 5.48 Å². The summed E-state index contributed by atoms with van der Waals surface area (Å²) >= 11 is 0. The van der Waals surface area contributed by atoms with Gasteiger partial charge in [-0.05, 0) is 12.8 Å². The molecule has 0 unspecified atom stereocenters. The Morgan fingerprint density at radius 1 is 0.562 bits per heavy atom. The van der Waals surface area contributed by atoms with Crippen LogP contribution in [0.15, 0.2) is 0 Å². The first-order valence-electron chi connectivity index (χ1n) is 7.33. The van der Waals surface area contributed by atoms with Gasteiger partial charge in [0, 0.05) is 6.04 Å². The van der Waals surface area contributed by atoms with Crippen LogP contribution in [0.5, 0.6) is 0 Å². The van der Waals surface area contributed by atoms with Gasteiger partial charge < -0.3 is 5.21 Å². The molecule has 2 nitrogen and oxygen atoms in total. The Morgan fingerprint density at radius 3 is 1.19 bits per heavy atom. The van der Waals surface area contributed by atoms with E-state index in [9.17, 15) is 0 Å². The Kier molecular flexibility index (Phi) is 8.83. The second kappa shape index (κ2) is 10.1. The van der Waals surface area contributed by atoms with Crippen molar-refractivity contribution in [3.8, 4) is 0 Å². The summed E-state index contributed by atoms with van der Waals surface area (Å²) in [6.07, 6.45) is 17.5. The maximum Gasteiger partial charge on any atom is 0.0319 e. The molecule has 0 spiro atoms. The van der Waals surface area contributed by atoms with Crippen LogP contribution in [0.3, 0.4) is 0 Å². The zero-order valence-electron chi connectivity index (χ0n) is 10.7. The molecule has 16 heavy (non-hydrogen) atoms. The molecule has 2 N–H and O–H groups in total. The molecule has 96 valence electrons. The summed E-state index contributed by atoms with van der Waals surface area (Å²) in [6, 6.07) is 0.350. The molecule has 0 radical (unpaired) electrons. The highest BCUT2D eigenvalue weighted by Crippen LogP contribution is 2.16. The minimum atomic E-state index is 0.350. The van der Waals surface area contributed by atoms with Crippen LogP contribution in [-0.4, -0.2) is 11.2 Å². The molecule has 1 aliphatic rings. The van der Waals surface area contributed by atoms with E-state index < -0.39 is 0 Å². The van der Waals surface area contributed by atoms with Crippen LogP contribution in [0.2, 0.25) is 0 Å². The lowest BCUT2D eigenvalue weighted by molar-refractivity contribution is 0.114. The molecule has 0 atom stereocenters. The van der Waals surface area contributed by atoms with Gasteiger partial charge in [0.15, 0.2) is 0 Å². The number of hydrogen-bond donors (Lipinski definition) is 2. The second-order valence-electron chi connectivity index (χ2n) is 5.29. The van der Waals surface area contributed by atoms with E-state index in [1.807, 2.05) is 0 Å². The minimum Gasteiger partial charge on any atom is -0.317 e. The van der Waals surface area contributed by atoms with Gasteiger partial charge in [-0.15, -0.1) is 0 Å². The SMILES string of the molecule is ONC1CCCCCCCCCCCCC1. The van der Waals surface area contributed by atoms with E-state index in [1.54, 1.807) is 0 Å². The van der Waals surface area contributed by atoms with Gasteiger partial charge in [0.2, 0.25) is 0 Å². The van der Waals surface area contributed by atoms with Gasteiger partial charge in [0.25, 0.3) is 0 Å². The first-order valence-corrected chi connectivity index (χ1v) is 7.33. The van der Waals surface area contributed by atoms with Crippen molar-refractivity contribution >= 4 is 0 Å². The quantitative estimate of drug-likeness (QED) is 0.650. The molecule has 1 aliphatic carbocycles. The van der Waals surface area contributed by atoms with Crippen LogP contribution in [0, 0.1) is 0 Å². The van der Waals surface area contributed by atoms with Gasteiger partial charge in [0.05, 0.1) is 0 Å². The fourth-order valence-electron chi connectivity index (χ4n) is 2.65. The largest absolute Gasteiger partial charge is 0.317 e. The average Bonchev–Trinajstić information content (AvgIpc) is 2.32. The highest BCUT2D eigenvalue weighted by Gasteiger charge is 2.06. The zero-order valence-corrected chi connectivity index (χ0v) is 10.7. The lowest BCUT2D eigenvalue weighted by Gasteiger charge is -2.15. The smallest absolute Gasteiger partial charge is 0.0319 e. The van der Waals surface area contributed by atoms with Gasteiger partial charge >= 0.3 is 0 Å². The van der Waals surface area contributed by atoms with E-state index in [1.165, 1.54) is 70.6 Å². The maximum atomic E-state index is 9.05. The maximum absolute atomic E-state index is 9.05. The van der Waals surface area contributed by atoms with Crippen molar-refractivity contribution < 1.29 is 5.21 Å². The number of rotatable bonds is 1. The number of hydrogen-bond acceptors (Lipinski definition) is 2. The normalized spacial score (nSPS) is 23.8. The molecule has 0 heterocycles. The van der Waals surface area contributed by atoms with Gasteiger partial charge in [-0.3, -0.25) is 0 Å². The Bertz CT molecular complexity index is 136. The molecule has 0 aromatic carbocycles. The first-order chi connectivity index (χ1) is 7.93. The molecule has 1 fully saturated rings. The molecule has 0 aliphatic heterocycles. The second-order valence-corrected chi connectivity index (χ2v) is 5.29. The number of hydroxylamine groups is 1. The van der Waals surface area contributed by atoms with Crippen molar-refractivity contribution in [1.82, 2.24) is 5.48 Å². The lowest BCUT2D eigenvalue weighted by Crippen LogP contribution is -2.25. The van der Waals surface area contributed by atoms with Crippen LogP contribution >= 0.6 is 0 Å². The minimum absolute atomic E-state index is 0.350. The summed E-state index contributed by atoms with van der Waals surface area (Å²) in [4.78, 5) is 0. The molecule has 0 saturated heterocycles. The molecule has 1 saturated carbocycles. The highest BCUT2D eigenvalue weighted by atomic mass is 16.5. The summed E-state index contributed by atoms with van der Waals surface area (Å²) in [5.41, 5.74) is 2.48. The molecule has 1 rings (SSSR count). The predicted octanol–water partition coefficient (Wildman–Crippen LogP) is 4.42. The van der Waals surface area contributed by atoms with Crippen molar-refractivity contribution in [2.24, 2.45) is 0 Å². The third-order valence-electron chi connectivity index (χ3n) is 3.79. The molecule has 0 bridgehead atoms. The van der Waals surface area contributed by atoms with E-state index in [4.69, 9.17) is 5.21 Å². The van der Waals surface area contributed by atoms with Crippen molar-refractivity contribution in [2.75, 3.05) is 0 Å². The fraction of sp³-hybridized carbons (Fsp3) is 1.00. The van der Waals surface area contributed by atoms with Crippen LogP contribution < -0.4 is 5.48 Å². The van der Waals surface area contributed by atoms with E-state index in [-0.39, 0.29) is 0 Å². The lowest BCUT2D eigenvalue weighted by atomic mass is 9.99. The molecular weight excluding hydrogens is 198 g/mol. The molecule has 0 aromatic heterocycles. The number of nitrogens with one attached hydrogen (secondary N) is 1. The summed E-state index contributed by atoms with van der Waals surface area (Å²) in [7, 11) is 0. The summed E-state index contributed by atoms with van der Waals surface area (Å²) in [5.74, 6) is 0. The third-order valence-corrected chi connectivity index (χ3v) is 3.79. The fourth-order valence-corrected chi connectivity index (χ4v) is 2.65. The van der Waals surface area contributed by atoms with E-state index in [0.717, 1.165) is 12.8 Å². The summed E-state index contributed by atoms with van der Waals surface area (Å²) < 4.78 is 0. The van der Waals surface area contributed by atoms with Crippen LogP contribution in [-0.2, 0) is 0 Å². The molecule has 0 aromatic rings. The topological polar surface area (TPSA) is 32.3 Å². The van der Waals surface area contributed by atoms with Crippen LogP contribution in [0.4, 0.5) is 0 Å². The van der Waals surface area contributed by atoms with Crippen molar-refractivity contribution in [1.29, 1.82) is 0 Å². The van der Waals surface area contributed by atoms with Crippen molar-refractivity contribution in [2.45, 2.75) is 89.5 Å². The summed E-state index contributed by atoms with van der Waals surface area (Å²) in [6.45, 7) is 0. The molecule has 2 heteroatoms. The van der Waals surface area contributed by atoms with Gasteiger partial charge in [-0.1, -0.05) is 70.6 Å². The Balaban J connectivity index is 2.16. The van der Waals surface area contributed by atoms with Crippen molar-refractivity contribution in [3.05, 3.63) is 0 Å². The zero-order chi connectivity index (χ0) is 11.5. The van der Waals surface area contributed by atoms with Gasteiger partial charge in [0.1, 0.15) is 0 Å². The van der Waals surface area contributed by atoms with Crippen LogP contribution in [0.1, 0.15) is 83.5 Å². The van der Waals surface area contributed by atoms with Crippen molar-refractivity contribution in [3.63, 3.8) is 0 Å². The standard InChI is InChI=1S/C14H29NO/c16-15-14-12-10-8-6-4-2-1-3-5-7-9-11-13-14/h14-16H,1-13H2. The van der Waals surface area contributed by atoms with Gasteiger partial charge in [-0.2, -0.15) is 0 Å². The van der Waals surface area contributed by atoms with E-state index in [0.29, 0.717) is 6.04 Å². The first kappa shape index (κ1) is 14.0. The van der Waals surface area contributed by atoms with Crippen LogP contribution in [0.25, 0.3) is 0 Å². The predicted molar refractivity (Wildman–Crippen MR) is 68.7 cm³/mol. The highest BCUT2D eigenvalue weighted by molar-refractivity contribution is 4.63. The Hall–Kier alpha value is -0.0800. The van der Waals surface area contributed by atoms with E-state index >= 15 is 0 Å². The average molecular weight is 227 g/mol. The third kappa shape index (κ3) is 7.24. The Morgan fingerprint density at radius 2 is 0.875 bits per heavy atom. The summed E-state index contributed by atoms with van der Waals surface area (Å²) in [5, 5.41) is 9.05.